The van der Waals surface area contributed by atoms with Gasteiger partial charge in [0, 0.05) is 50.8 Å². The van der Waals surface area contributed by atoms with Crippen LogP contribution in [0.4, 0.5) is 0 Å². The number of aromatic nitrogens is 1. The number of hydrogen-bond acceptors (Lipinski definition) is 6. The Balaban J connectivity index is 1.62. The van der Waals surface area contributed by atoms with E-state index in [0.29, 0.717) is 0 Å². The van der Waals surface area contributed by atoms with Crippen molar-refractivity contribution in [3.63, 3.8) is 0 Å². The molecule has 2 saturated heterocycles. The molecule has 6 heteroatoms. The maximum atomic E-state index is 5.85. The van der Waals surface area contributed by atoms with Crippen molar-refractivity contribution in [2.24, 2.45) is 0 Å². The van der Waals surface area contributed by atoms with Gasteiger partial charge in [0.15, 0.2) is 0 Å². The van der Waals surface area contributed by atoms with Gasteiger partial charge in [0.05, 0.1) is 30.5 Å². The molecule has 0 saturated carbocycles. The number of nitrogens with zero attached hydrogens (tertiary/aromatic N) is 3. The molecule has 0 atom stereocenters. The van der Waals surface area contributed by atoms with Crippen LogP contribution >= 0.6 is 11.3 Å². The summed E-state index contributed by atoms with van der Waals surface area (Å²) < 4.78 is 11.0. The van der Waals surface area contributed by atoms with Crippen molar-refractivity contribution in [1.82, 2.24) is 14.8 Å². The molecule has 124 valence electrons. The summed E-state index contributed by atoms with van der Waals surface area (Å²) in [4.78, 5) is 9.78. The van der Waals surface area contributed by atoms with Gasteiger partial charge in [0.1, 0.15) is 0 Å². The molecule has 0 aromatic carbocycles. The van der Waals surface area contributed by atoms with Crippen molar-refractivity contribution in [3.8, 4) is 0 Å². The highest BCUT2D eigenvalue weighted by Crippen LogP contribution is 2.33. The third kappa shape index (κ3) is 3.68. The molecule has 3 heterocycles. The zero-order valence-electron chi connectivity index (χ0n) is 13.7. The average molecular weight is 325 g/mol. The zero-order valence-corrected chi connectivity index (χ0v) is 14.5. The van der Waals surface area contributed by atoms with E-state index < -0.39 is 0 Å². The number of thiazole rings is 1. The third-order valence-corrected chi connectivity index (χ3v) is 5.79. The van der Waals surface area contributed by atoms with Crippen LogP contribution in [0.2, 0.25) is 0 Å². The normalized spacial score (nSPS) is 23.2. The van der Waals surface area contributed by atoms with Crippen LogP contribution in [0.25, 0.3) is 0 Å². The first-order chi connectivity index (χ1) is 10.7. The fourth-order valence-corrected chi connectivity index (χ4v) is 4.17. The highest BCUT2D eigenvalue weighted by molar-refractivity contribution is 7.09. The van der Waals surface area contributed by atoms with E-state index in [4.69, 9.17) is 9.47 Å². The first-order valence-corrected chi connectivity index (χ1v) is 9.05. The molecule has 1 aromatic rings. The van der Waals surface area contributed by atoms with E-state index in [2.05, 4.69) is 27.1 Å². The Bertz CT molecular complexity index is 472. The molecule has 0 bridgehead atoms. The fourth-order valence-electron chi connectivity index (χ4n) is 3.56. The van der Waals surface area contributed by atoms with Crippen LogP contribution in [-0.2, 0) is 16.0 Å². The van der Waals surface area contributed by atoms with Gasteiger partial charge in [-0.1, -0.05) is 0 Å². The molecule has 3 rings (SSSR count). The summed E-state index contributed by atoms with van der Waals surface area (Å²) in [6.07, 6.45) is 2.36. The van der Waals surface area contributed by atoms with Crippen molar-refractivity contribution in [3.05, 3.63) is 16.1 Å². The zero-order chi connectivity index (χ0) is 15.4. The number of morpholine rings is 1. The predicted molar refractivity (Wildman–Crippen MR) is 88.4 cm³/mol. The van der Waals surface area contributed by atoms with E-state index >= 15 is 0 Å². The Morgan fingerprint density at radius 1 is 1.36 bits per heavy atom. The van der Waals surface area contributed by atoms with E-state index in [-0.39, 0.29) is 5.54 Å². The molecule has 2 aliphatic rings. The second-order valence-electron chi connectivity index (χ2n) is 6.39. The monoisotopic (exact) mass is 325 g/mol. The molecule has 0 radical (unpaired) electrons. The molecule has 0 aliphatic carbocycles. The van der Waals surface area contributed by atoms with Crippen LogP contribution in [0, 0.1) is 6.92 Å². The summed E-state index contributed by atoms with van der Waals surface area (Å²) in [5.74, 6) is 0. The standard InChI is InChI=1S/C16H27N3O2S/c1-14-17-15(12-22-14)11-19-8-10-21-13-16(19)3-5-18(6-4-16)7-9-20-2/h12H,3-11,13H2,1-2H3. The van der Waals surface area contributed by atoms with Crippen LogP contribution in [0.3, 0.4) is 0 Å². The predicted octanol–water partition coefficient (Wildman–Crippen LogP) is 1.76. The Morgan fingerprint density at radius 2 is 2.18 bits per heavy atom. The van der Waals surface area contributed by atoms with Gasteiger partial charge in [0.25, 0.3) is 0 Å². The number of hydrogen-bond donors (Lipinski definition) is 0. The minimum atomic E-state index is 0.208. The number of piperidine rings is 1. The third-order valence-electron chi connectivity index (χ3n) is 4.96. The fraction of sp³-hybridized carbons (Fsp3) is 0.812. The summed E-state index contributed by atoms with van der Waals surface area (Å²) >= 11 is 1.75. The molecule has 2 aliphatic heterocycles. The maximum Gasteiger partial charge on any atom is 0.0897 e. The van der Waals surface area contributed by atoms with E-state index in [1.165, 1.54) is 18.5 Å². The second kappa shape index (κ2) is 7.36. The first kappa shape index (κ1) is 16.3. The SMILES string of the molecule is COCCN1CCC2(CC1)COCCN2Cc1csc(C)n1. The van der Waals surface area contributed by atoms with Crippen molar-refractivity contribution in [1.29, 1.82) is 0 Å². The van der Waals surface area contributed by atoms with Gasteiger partial charge in [0.2, 0.25) is 0 Å². The lowest BCUT2D eigenvalue weighted by atomic mass is 9.85. The van der Waals surface area contributed by atoms with Gasteiger partial charge in [-0.25, -0.2) is 4.98 Å². The Hall–Kier alpha value is -0.530. The lowest BCUT2D eigenvalue weighted by Crippen LogP contribution is -2.61. The minimum absolute atomic E-state index is 0.208. The molecule has 1 spiro atoms. The van der Waals surface area contributed by atoms with Crippen LogP contribution < -0.4 is 0 Å². The topological polar surface area (TPSA) is 37.8 Å². The van der Waals surface area contributed by atoms with Crippen LogP contribution in [0.1, 0.15) is 23.5 Å². The van der Waals surface area contributed by atoms with Gasteiger partial charge in [-0.05, 0) is 19.8 Å². The van der Waals surface area contributed by atoms with Crippen LogP contribution in [0.15, 0.2) is 5.38 Å². The van der Waals surface area contributed by atoms with E-state index in [0.717, 1.165) is 57.6 Å². The molecule has 0 amide bonds. The van der Waals surface area contributed by atoms with Crippen LogP contribution in [0.5, 0.6) is 0 Å². The van der Waals surface area contributed by atoms with Crippen molar-refractivity contribution in [2.75, 3.05) is 53.1 Å². The van der Waals surface area contributed by atoms with Crippen molar-refractivity contribution >= 4 is 11.3 Å². The van der Waals surface area contributed by atoms with E-state index in [1.807, 2.05) is 0 Å². The largest absolute Gasteiger partial charge is 0.383 e. The first-order valence-electron chi connectivity index (χ1n) is 8.17. The summed E-state index contributed by atoms with van der Waals surface area (Å²) in [7, 11) is 1.78. The summed E-state index contributed by atoms with van der Waals surface area (Å²) in [6, 6.07) is 0. The summed E-state index contributed by atoms with van der Waals surface area (Å²) in [5, 5.41) is 3.36. The Labute approximate surface area is 137 Å². The number of rotatable bonds is 5. The number of aryl methyl sites for hydroxylation is 1. The molecule has 0 N–H and O–H groups in total. The highest BCUT2D eigenvalue weighted by atomic mass is 32.1. The van der Waals surface area contributed by atoms with Gasteiger partial charge < -0.3 is 14.4 Å². The molecular weight excluding hydrogens is 298 g/mol. The highest BCUT2D eigenvalue weighted by Gasteiger charge is 2.42. The van der Waals surface area contributed by atoms with Gasteiger partial charge in [-0.15, -0.1) is 11.3 Å². The Kier molecular flexibility index (Phi) is 5.46. The number of methoxy groups -OCH3 is 1. The summed E-state index contributed by atoms with van der Waals surface area (Å²) in [6.45, 7) is 9.92. The smallest absolute Gasteiger partial charge is 0.0897 e. The second-order valence-corrected chi connectivity index (χ2v) is 7.45. The average Bonchev–Trinajstić information content (AvgIpc) is 2.94. The van der Waals surface area contributed by atoms with E-state index in [9.17, 15) is 0 Å². The van der Waals surface area contributed by atoms with E-state index in [1.54, 1.807) is 18.4 Å². The van der Waals surface area contributed by atoms with Crippen molar-refractivity contribution in [2.45, 2.75) is 31.8 Å². The molecule has 2 fully saturated rings. The lowest BCUT2D eigenvalue weighted by molar-refractivity contribution is -0.100. The molecule has 0 unspecified atom stereocenters. The molecular formula is C16H27N3O2S. The van der Waals surface area contributed by atoms with Gasteiger partial charge >= 0.3 is 0 Å². The van der Waals surface area contributed by atoms with Crippen LogP contribution in [-0.4, -0.2) is 73.4 Å². The number of likely N-dealkylation sites (tertiary alicyclic amines) is 1. The molecule has 5 nitrogen and oxygen atoms in total. The quantitative estimate of drug-likeness (QED) is 0.825. The molecule has 22 heavy (non-hydrogen) atoms. The lowest BCUT2D eigenvalue weighted by Gasteiger charge is -2.51. The van der Waals surface area contributed by atoms with Crippen molar-refractivity contribution < 1.29 is 9.47 Å². The van der Waals surface area contributed by atoms with Gasteiger partial charge in [-0.2, -0.15) is 0 Å². The minimum Gasteiger partial charge on any atom is -0.383 e. The summed E-state index contributed by atoms with van der Waals surface area (Å²) in [5.41, 5.74) is 1.42. The van der Waals surface area contributed by atoms with Gasteiger partial charge in [-0.3, -0.25) is 4.90 Å². The molecule has 1 aromatic heterocycles. The Morgan fingerprint density at radius 3 is 2.86 bits per heavy atom. The number of ether oxygens (including phenoxy) is 2. The maximum absolute atomic E-state index is 5.85.